The number of carbonyl (C=O) groups is 1. The number of likely N-dealkylation sites (tertiary alicyclic amines) is 2. The van der Waals surface area contributed by atoms with Gasteiger partial charge in [0, 0.05) is 50.2 Å². The zero-order valence-corrected chi connectivity index (χ0v) is 17.4. The zero-order chi connectivity index (χ0) is 17.2. The maximum atomic E-state index is 12.4. The van der Waals surface area contributed by atoms with Gasteiger partial charge in [-0.05, 0) is 31.2 Å². The van der Waals surface area contributed by atoms with E-state index in [0.717, 1.165) is 45.1 Å². The van der Waals surface area contributed by atoms with E-state index < -0.39 is 0 Å². The number of piperidine rings is 1. The minimum absolute atomic E-state index is 0. The highest BCUT2D eigenvalue weighted by Crippen LogP contribution is 2.29. The van der Waals surface area contributed by atoms with Crippen molar-refractivity contribution < 1.29 is 4.79 Å². The molecular weight excluding hydrogens is 383 g/mol. The Bertz CT molecular complexity index is 591. The first-order valence-corrected chi connectivity index (χ1v) is 9.75. The van der Waals surface area contributed by atoms with E-state index in [2.05, 4.69) is 39.4 Å². The Balaban J connectivity index is 0.00000131. The zero-order valence-electron chi connectivity index (χ0n) is 15.8. The van der Waals surface area contributed by atoms with Crippen molar-refractivity contribution in [1.82, 2.24) is 15.1 Å². The largest absolute Gasteiger partial charge is 0.352 e. The molecule has 1 aliphatic carbocycles. The van der Waals surface area contributed by atoms with Gasteiger partial charge in [-0.3, -0.25) is 9.69 Å². The Kier molecular flexibility index (Phi) is 8.38. The third kappa shape index (κ3) is 5.81. The molecule has 2 atom stereocenters. The third-order valence-electron chi connectivity index (χ3n) is 5.99. The van der Waals surface area contributed by atoms with Crippen LogP contribution in [0.5, 0.6) is 0 Å². The number of amides is 1. The lowest BCUT2D eigenvalue weighted by Gasteiger charge is -2.32. The summed E-state index contributed by atoms with van der Waals surface area (Å²) in [5, 5.41) is 3.25. The highest BCUT2D eigenvalue weighted by atomic mass is 35.5. The van der Waals surface area contributed by atoms with Crippen LogP contribution in [0.1, 0.15) is 37.2 Å². The molecule has 7 heteroatoms. The summed E-state index contributed by atoms with van der Waals surface area (Å²) in [6.45, 7) is 4.42. The number of benzene rings is 1. The van der Waals surface area contributed by atoms with Crippen molar-refractivity contribution in [2.45, 2.75) is 49.7 Å². The molecule has 1 amide bonds. The molecule has 0 aromatic heterocycles. The molecule has 0 bridgehead atoms. The van der Waals surface area contributed by atoms with Crippen LogP contribution >= 0.6 is 24.8 Å². The SMILES string of the molecule is Cl.Cl.N[C@@H]1CN(CC(=O)NC2CCN(C3CC3)CC2)C[C@H]1c1ccccc1. The molecule has 0 unspecified atom stereocenters. The highest BCUT2D eigenvalue weighted by molar-refractivity contribution is 5.85. The fraction of sp³-hybridized carbons (Fsp3) is 0.650. The van der Waals surface area contributed by atoms with Gasteiger partial charge in [0.25, 0.3) is 0 Å². The van der Waals surface area contributed by atoms with E-state index in [4.69, 9.17) is 5.73 Å². The number of hydrogen-bond acceptors (Lipinski definition) is 4. The lowest BCUT2D eigenvalue weighted by molar-refractivity contribution is -0.123. The van der Waals surface area contributed by atoms with Crippen molar-refractivity contribution in [3.8, 4) is 0 Å². The summed E-state index contributed by atoms with van der Waals surface area (Å²) in [7, 11) is 0. The van der Waals surface area contributed by atoms with Gasteiger partial charge in [0.15, 0.2) is 0 Å². The second-order valence-electron chi connectivity index (χ2n) is 7.98. The fourth-order valence-corrected chi connectivity index (χ4v) is 4.42. The topological polar surface area (TPSA) is 61.6 Å². The van der Waals surface area contributed by atoms with Gasteiger partial charge in [0.1, 0.15) is 0 Å². The van der Waals surface area contributed by atoms with Gasteiger partial charge in [-0.25, -0.2) is 0 Å². The van der Waals surface area contributed by atoms with Gasteiger partial charge in [-0.15, -0.1) is 24.8 Å². The number of carbonyl (C=O) groups excluding carboxylic acids is 1. The van der Waals surface area contributed by atoms with E-state index in [9.17, 15) is 4.79 Å². The van der Waals surface area contributed by atoms with Gasteiger partial charge < -0.3 is 16.0 Å². The van der Waals surface area contributed by atoms with Crippen LogP contribution in [0, 0.1) is 0 Å². The van der Waals surface area contributed by atoms with Crippen LogP contribution in [0.4, 0.5) is 0 Å². The minimum atomic E-state index is 0. The Labute approximate surface area is 174 Å². The van der Waals surface area contributed by atoms with Crippen molar-refractivity contribution >= 4 is 30.7 Å². The van der Waals surface area contributed by atoms with E-state index in [-0.39, 0.29) is 36.8 Å². The van der Waals surface area contributed by atoms with Crippen LogP contribution < -0.4 is 11.1 Å². The van der Waals surface area contributed by atoms with Crippen LogP contribution in [0.15, 0.2) is 30.3 Å². The second-order valence-corrected chi connectivity index (χ2v) is 7.98. The van der Waals surface area contributed by atoms with Crippen LogP contribution in [0.25, 0.3) is 0 Å². The third-order valence-corrected chi connectivity index (χ3v) is 5.99. The quantitative estimate of drug-likeness (QED) is 0.773. The van der Waals surface area contributed by atoms with Crippen molar-refractivity contribution in [1.29, 1.82) is 0 Å². The van der Waals surface area contributed by atoms with Crippen molar-refractivity contribution in [2.24, 2.45) is 5.73 Å². The van der Waals surface area contributed by atoms with E-state index in [0.29, 0.717) is 18.5 Å². The summed E-state index contributed by atoms with van der Waals surface area (Å²) >= 11 is 0. The summed E-state index contributed by atoms with van der Waals surface area (Å²) in [6.07, 6.45) is 4.92. The summed E-state index contributed by atoms with van der Waals surface area (Å²) < 4.78 is 0. The number of hydrogen-bond donors (Lipinski definition) is 2. The summed E-state index contributed by atoms with van der Waals surface area (Å²) in [5.41, 5.74) is 7.61. The van der Waals surface area contributed by atoms with E-state index in [1.807, 2.05) is 6.07 Å². The predicted molar refractivity (Wildman–Crippen MR) is 114 cm³/mol. The number of rotatable bonds is 5. The Morgan fingerprint density at radius 2 is 1.70 bits per heavy atom. The Morgan fingerprint density at radius 3 is 2.33 bits per heavy atom. The van der Waals surface area contributed by atoms with Crippen molar-refractivity contribution in [3.63, 3.8) is 0 Å². The minimum Gasteiger partial charge on any atom is -0.352 e. The maximum absolute atomic E-state index is 12.4. The van der Waals surface area contributed by atoms with Crippen LogP contribution in [-0.2, 0) is 4.79 Å². The summed E-state index contributed by atoms with van der Waals surface area (Å²) in [4.78, 5) is 17.2. The first-order valence-electron chi connectivity index (χ1n) is 9.75. The first-order chi connectivity index (χ1) is 12.2. The van der Waals surface area contributed by atoms with Gasteiger partial charge in [0.2, 0.25) is 5.91 Å². The molecule has 1 aromatic rings. The molecule has 3 fully saturated rings. The lowest BCUT2D eigenvalue weighted by Crippen LogP contribution is -2.47. The standard InChI is InChI=1S/C20H30N4O.2ClH/c21-19-13-23(12-18(19)15-4-2-1-3-5-15)14-20(25)22-16-8-10-24(11-9-16)17-6-7-17;;/h1-5,16-19H,6-14,21H2,(H,22,25);2*1H/t18-,19+;;/m0../s1. The molecule has 152 valence electrons. The number of nitrogens with one attached hydrogen (secondary N) is 1. The molecule has 4 rings (SSSR count). The van der Waals surface area contributed by atoms with E-state index in [1.54, 1.807) is 0 Å². The number of nitrogens with two attached hydrogens (primary N) is 1. The van der Waals surface area contributed by atoms with Crippen LogP contribution in [0.3, 0.4) is 0 Å². The van der Waals surface area contributed by atoms with Crippen LogP contribution in [-0.4, -0.2) is 66.6 Å². The van der Waals surface area contributed by atoms with Crippen molar-refractivity contribution in [3.05, 3.63) is 35.9 Å². The molecular formula is C20H32Cl2N4O. The molecule has 2 aliphatic heterocycles. The average molecular weight is 415 g/mol. The molecule has 0 spiro atoms. The lowest BCUT2D eigenvalue weighted by atomic mass is 9.95. The fourth-order valence-electron chi connectivity index (χ4n) is 4.42. The first kappa shape index (κ1) is 22.4. The Hall–Kier alpha value is -0.850. The van der Waals surface area contributed by atoms with Gasteiger partial charge in [0.05, 0.1) is 6.54 Å². The van der Waals surface area contributed by atoms with E-state index >= 15 is 0 Å². The van der Waals surface area contributed by atoms with E-state index in [1.165, 1.54) is 18.4 Å². The molecule has 1 aromatic carbocycles. The molecule has 3 aliphatic rings. The maximum Gasteiger partial charge on any atom is 0.234 e. The molecule has 3 N–H and O–H groups in total. The molecule has 2 heterocycles. The second kappa shape index (κ2) is 10.1. The van der Waals surface area contributed by atoms with Gasteiger partial charge in [-0.1, -0.05) is 30.3 Å². The van der Waals surface area contributed by atoms with Gasteiger partial charge in [-0.2, -0.15) is 0 Å². The highest BCUT2D eigenvalue weighted by Gasteiger charge is 2.34. The molecule has 5 nitrogen and oxygen atoms in total. The van der Waals surface area contributed by atoms with Crippen molar-refractivity contribution in [2.75, 3.05) is 32.7 Å². The number of nitrogens with zero attached hydrogens (tertiary/aromatic N) is 2. The van der Waals surface area contributed by atoms with Crippen LogP contribution in [0.2, 0.25) is 0 Å². The molecule has 0 radical (unpaired) electrons. The Morgan fingerprint density at radius 1 is 1.04 bits per heavy atom. The van der Waals surface area contributed by atoms with Gasteiger partial charge >= 0.3 is 0 Å². The summed E-state index contributed by atoms with van der Waals surface area (Å²) in [6, 6.07) is 11.7. The molecule has 2 saturated heterocycles. The monoisotopic (exact) mass is 414 g/mol. The average Bonchev–Trinajstić information content (AvgIpc) is 3.40. The molecule has 1 saturated carbocycles. The number of halogens is 2. The summed E-state index contributed by atoms with van der Waals surface area (Å²) in [5.74, 6) is 0.488. The molecule has 27 heavy (non-hydrogen) atoms. The smallest absolute Gasteiger partial charge is 0.234 e. The normalized spacial score (nSPS) is 26.9. The predicted octanol–water partition coefficient (Wildman–Crippen LogP) is 2.00.